The van der Waals surface area contributed by atoms with Gasteiger partial charge in [0.2, 0.25) is 5.91 Å². The number of carbonyl (C=O) groups is 2. The van der Waals surface area contributed by atoms with E-state index in [-0.39, 0.29) is 17.3 Å². The Hall–Kier alpha value is -2.09. The number of benzene rings is 1. The van der Waals surface area contributed by atoms with E-state index in [1.54, 1.807) is 18.2 Å². The Bertz CT molecular complexity index is 654. The van der Waals surface area contributed by atoms with Gasteiger partial charge in [0.15, 0.2) is 16.4 Å². The third-order valence-electron chi connectivity index (χ3n) is 3.10. The van der Waals surface area contributed by atoms with Crippen LogP contribution in [-0.2, 0) is 19.4 Å². The highest BCUT2D eigenvalue weighted by Crippen LogP contribution is 2.26. The van der Waals surface area contributed by atoms with Gasteiger partial charge in [-0.05, 0) is 18.6 Å². The van der Waals surface area contributed by atoms with E-state index in [0.717, 1.165) is 0 Å². The number of hydrogen-bond acceptors (Lipinski definition) is 5. The minimum atomic E-state index is -3.13. The second kappa shape index (κ2) is 6.13. The Kier molecular flexibility index (Phi) is 4.46. The number of nitrogens with one attached hydrogen (secondary N) is 1. The van der Waals surface area contributed by atoms with Gasteiger partial charge in [-0.3, -0.25) is 4.79 Å². The zero-order valence-corrected chi connectivity index (χ0v) is 11.9. The molecule has 114 valence electrons. The molecule has 0 aliphatic carbocycles. The fraction of sp³-hybridized carbons (Fsp3) is 0.385. The molecule has 0 radical (unpaired) electrons. The number of hydrogen-bond donors (Lipinski definition) is 2. The summed E-state index contributed by atoms with van der Waals surface area (Å²) in [6, 6.07) is 6.41. The SMILES string of the molecule is O=C(O)COc1ccccc1NC(=O)C1CCS(=O)(=O)C1. The molecule has 1 aromatic carbocycles. The number of carboxylic acids is 1. The van der Waals surface area contributed by atoms with Crippen molar-refractivity contribution in [1.29, 1.82) is 0 Å². The number of carboxylic acid groups (broad SMARTS) is 1. The van der Waals surface area contributed by atoms with Gasteiger partial charge in [0, 0.05) is 0 Å². The molecule has 2 rings (SSSR count). The van der Waals surface area contributed by atoms with E-state index in [1.807, 2.05) is 0 Å². The van der Waals surface area contributed by atoms with Crippen molar-refractivity contribution < 1.29 is 27.9 Å². The maximum absolute atomic E-state index is 12.0. The minimum Gasteiger partial charge on any atom is -0.480 e. The summed E-state index contributed by atoms with van der Waals surface area (Å²) < 4.78 is 27.8. The number of aliphatic carboxylic acids is 1. The molecule has 7 nitrogen and oxygen atoms in total. The Labute approximate surface area is 121 Å². The summed E-state index contributed by atoms with van der Waals surface area (Å²) in [4.78, 5) is 22.6. The minimum absolute atomic E-state index is 0.0161. The van der Waals surface area contributed by atoms with Crippen LogP contribution in [-0.4, -0.2) is 43.5 Å². The van der Waals surface area contributed by atoms with Crippen LogP contribution in [0.2, 0.25) is 0 Å². The summed E-state index contributed by atoms with van der Waals surface area (Å²) in [7, 11) is -3.13. The van der Waals surface area contributed by atoms with Gasteiger partial charge in [0.1, 0.15) is 5.75 Å². The van der Waals surface area contributed by atoms with Gasteiger partial charge in [0.25, 0.3) is 0 Å². The van der Waals surface area contributed by atoms with Gasteiger partial charge >= 0.3 is 5.97 Å². The number of para-hydroxylation sites is 2. The standard InChI is InChI=1S/C13H15NO6S/c15-12(16)7-20-11-4-2-1-3-10(11)14-13(17)9-5-6-21(18,19)8-9/h1-4,9H,5-8H2,(H,14,17)(H,15,16). The van der Waals surface area contributed by atoms with E-state index in [9.17, 15) is 18.0 Å². The zero-order valence-electron chi connectivity index (χ0n) is 11.1. The van der Waals surface area contributed by atoms with E-state index >= 15 is 0 Å². The molecule has 0 saturated carbocycles. The largest absolute Gasteiger partial charge is 0.480 e. The molecule has 1 fully saturated rings. The lowest BCUT2D eigenvalue weighted by Gasteiger charge is -2.13. The average molecular weight is 313 g/mol. The maximum Gasteiger partial charge on any atom is 0.341 e. The zero-order chi connectivity index (χ0) is 15.5. The monoisotopic (exact) mass is 313 g/mol. The number of amides is 1. The van der Waals surface area contributed by atoms with Crippen LogP contribution in [0, 0.1) is 5.92 Å². The molecule has 0 bridgehead atoms. The average Bonchev–Trinajstić information content (AvgIpc) is 2.78. The van der Waals surface area contributed by atoms with Gasteiger partial charge in [-0.2, -0.15) is 0 Å². The van der Waals surface area contributed by atoms with Crippen molar-refractivity contribution in [3.63, 3.8) is 0 Å². The smallest absolute Gasteiger partial charge is 0.341 e. The number of sulfone groups is 1. The molecular formula is C13H15NO6S. The molecule has 2 N–H and O–H groups in total. The van der Waals surface area contributed by atoms with Crippen molar-refractivity contribution in [3.8, 4) is 5.75 Å². The summed E-state index contributed by atoms with van der Waals surface area (Å²) >= 11 is 0. The topological polar surface area (TPSA) is 110 Å². The lowest BCUT2D eigenvalue weighted by molar-refractivity contribution is -0.139. The van der Waals surface area contributed by atoms with Crippen LogP contribution in [0.15, 0.2) is 24.3 Å². The van der Waals surface area contributed by atoms with E-state index in [1.165, 1.54) is 6.07 Å². The quantitative estimate of drug-likeness (QED) is 0.820. The molecule has 1 heterocycles. The molecule has 0 aromatic heterocycles. The summed E-state index contributed by atoms with van der Waals surface area (Å²) in [6.45, 7) is -0.523. The number of ether oxygens (including phenoxy) is 1. The molecular weight excluding hydrogens is 298 g/mol. The predicted octanol–water partition coefficient (Wildman–Crippen LogP) is 0.523. The first-order chi connectivity index (χ1) is 9.87. The van der Waals surface area contributed by atoms with Gasteiger partial charge in [-0.1, -0.05) is 12.1 Å². The van der Waals surface area contributed by atoms with E-state index in [0.29, 0.717) is 12.1 Å². The molecule has 1 amide bonds. The number of rotatable bonds is 5. The first-order valence-corrected chi connectivity index (χ1v) is 8.14. The Morgan fingerprint density at radius 2 is 2.05 bits per heavy atom. The Balaban J connectivity index is 2.05. The van der Waals surface area contributed by atoms with E-state index < -0.39 is 34.2 Å². The molecule has 21 heavy (non-hydrogen) atoms. The summed E-state index contributed by atoms with van der Waals surface area (Å²) in [5.41, 5.74) is 0.327. The van der Waals surface area contributed by atoms with Crippen LogP contribution in [0.25, 0.3) is 0 Å². The second-order valence-corrected chi connectivity index (χ2v) is 7.00. The third-order valence-corrected chi connectivity index (χ3v) is 4.87. The molecule has 1 unspecified atom stereocenters. The lowest BCUT2D eigenvalue weighted by Crippen LogP contribution is -2.24. The number of carbonyl (C=O) groups excluding carboxylic acids is 1. The molecule has 1 saturated heterocycles. The van der Waals surface area contributed by atoms with Crippen molar-refractivity contribution in [2.45, 2.75) is 6.42 Å². The van der Waals surface area contributed by atoms with Crippen LogP contribution >= 0.6 is 0 Å². The van der Waals surface area contributed by atoms with Gasteiger partial charge in [-0.25, -0.2) is 13.2 Å². The Morgan fingerprint density at radius 1 is 1.33 bits per heavy atom. The first kappa shape index (κ1) is 15.3. The van der Waals surface area contributed by atoms with E-state index in [2.05, 4.69) is 5.32 Å². The van der Waals surface area contributed by atoms with Crippen LogP contribution < -0.4 is 10.1 Å². The van der Waals surface area contributed by atoms with Gasteiger partial charge in [-0.15, -0.1) is 0 Å². The van der Waals surface area contributed by atoms with Crippen LogP contribution in [0.5, 0.6) is 5.75 Å². The number of anilines is 1. The molecule has 0 spiro atoms. The summed E-state index contributed by atoms with van der Waals surface area (Å²) in [6.07, 6.45) is 0.298. The first-order valence-electron chi connectivity index (χ1n) is 6.32. The highest BCUT2D eigenvalue weighted by molar-refractivity contribution is 7.91. The predicted molar refractivity (Wildman–Crippen MR) is 75.0 cm³/mol. The molecule has 1 atom stereocenters. The Morgan fingerprint density at radius 3 is 2.67 bits per heavy atom. The van der Waals surface area contributed by atoms with Crippen molar-refractivity contribution in [3.05, 3.63) is 24.3 Å². The van der Waals surface area contributed by atoms with Gasteiger partial charge < -0.3 is 15.2 Å². The third kappa shape index (κ3) is 4.19. The normalized spacial score (nSPS) is 19.9. The molecule has 1 aromatic rings. The summed E-state index contributed by atoms with van der Waals surface area (Å²) in [5, 5.41) is 11.2. The van der Waals surface area contributed by atoms with Gasteiger partial charge in [0.05, 0.1) is 23.1 Å². The highest BCUT2D eigenvalue weighted by Gasteiger charge is 2.33. The van der Waals surface area contributed by atoms with E-state index in [4.69, 9.17) is 9.84 Å². The van der Waals surface area contributed by atoms with Crippen molar-refractivity contribution in [2.24, 2.45) is 5.92 Å². The van der Waals surface area contributed by atoms with Crippen LogP contribution in [0.1, 0.15) is 6.42 Å². The highest BCUT2D eigenvalue weighted by atomic mass is 32.2. The van der Waals surface area contributed by atoms with Crippen molar-refractivity contribution >= 4 is 27.4 Å². The molecule has 1 aliphatic rings. The molecule has 8 heteroatoms. The van der Waals surface area contributed by atoms with Crippen LogP contribution in [0.4, 0.5) is 5.69 Å². The van der Waals surface area contributed by atoms with Crippen molar-refractivity contribution in [1.82, 2.24) is 0 Å². The second-order valence-electron chi connectivity index (χ2n) is 4.77. The lowest BCUT2D eigenvalue weighted by atomic mass is 10.1. The maximum atomic E-state index is 12.0. The van der Waals surface area contributed by atoms with Crippen LogP contribution in [0.3, 0.4) is 0 Å². The fourth-order valence-electron chi connectivity index (χ4n) is 2.07. The van der Waals surface area contributed by atoms with Crippen molar-refractivity contribution in [2.75, 3.05) is 23.4 Å². The molecule has 1 aliphatic heterocycles. The fourth-order valence-corrected chi connectivity index (χ4v) is 3.81. The summed E-state index contributed by atoms with van der Waals surface area (Å²) in [5.74, 6) is -2.02.